The first-order valence-corrected chi connectivity index (χ1v) is 8.52. The lowest BCUT2D eigenvalue weighted by Crippen LogP contribution is -2.21. The van der Waals surface area contributed by atoms with Gasteiger partial charge in [-0.05, 0) is 37.6 Å². The van der Waals surface area contributed by atoms with Crippen molar-refractivity contribution in [1.82, 2.24) is 9.97 Å². The van der Waals surface area contributed by atoms with Crippen molar-refractivity contribution in [1.29, 1.82) is 5.26 Å². The first-order chi connectivity index (χ1) is 12.0. The Morgan fingerprint density at radius 2 is 2.20 bits per heavy atom. The van der Waals surface area contributed by atoms with E-state index in [2.05, 4.69) is 15.3 Å². The molecule has 0 saturated carbocycles. The number of nitriles is 1. The molecule has 2 heterocycles. The lowest BCUT2D eigenvalue weighted by atomic mass is 10.2. The minimum Gasteiger partial charge on any atom is -0.467 e. The summed E-state index contributed by atoms with van der Waals surface area (Å²) in [6.07, 6.45) is 1.41. The summed E-state index contributed by atoms with van der Waals surface area (Å²) in [6.45, 7) is 3.73. The number of amides is 1. The Bertz CT molecular complexity index is 1010. The fraction of sp³-hybridized carbons (Fsp3) is 0.176. The van der Waals surface area contributed by atoms with Crippen LogP contribution in [0.1, 0.15) is 16.0 Å². The molecule has 0 atom stereocenters. The number of thiophene rings is 1. The van der Waals surface area contributed by atoms with Gasteiger partial charge in [-0.2, -0.15) is 5.26 Å². The van der Waals surface area contributed by atoms with Crippen LogP contribution in [0.3, 0.4) is 0 Å². The van der Waals surface area contributed by atoms with E-state index in [9.17, 15) is 4.79 Å². The monoisotopic (exact) mass is 372 g/mol. The van der Waals surface area contributed by atoms with Gasteiger partial charge in [-0.15, -0.1) is 11.3 Å². The highest BCUT2D eigenvalue weighted by Crippen LogP contribution is 2.33. The molecule has 6 nitrogen and oxygen atoms in total. The second kappa shape index (κ2) is 7.05. The predicted octanol–water partition coefficient (Wildman–Crippen LogP) is 3.85. The van der Waals surface area contributed by atoms with Gasteiger partial charge >= 0.3 is 0 Å². The van der Waals surface area contributed by atoms with Gasteiger partial charge in [0, 0.05) is 9.90 Å². The fourth-order valence-corrected chi connectivity index (χ4v) is 3.46. The number of aromatic nitrogens is 2. The van der Waals surface area contributed by atoms with Crippen molar-refractivity contribution >= 4 is 44.7 Å². The zero-order chi connectivity index (χ0) is 18.0. The number of nitrogens with one attached hydrogen (secondary N) is 1. The van der Waals surface area contributed by atoms with Gasteiger partial charge in [0.25, 0.3) is 5.91 Å². The summed E-state index contributed by atoms with van der Waals surface area (Å²) in [4.78, 5) is 22.5. The summed E-state index contributed by atoms with van der Waals surface area (Å²) in [7, 11) is 0. The molecule has 3 aromatic rings. The van der Waals surface area contributed by atoms with Gasteiger partial charge in [0.05, 0.1) is 16.6 Å². The molecule has 2 aromatic heterocycles. The van der Waals surface area contributed by atoms with Gasteiger partial charge in [-0.25, -0.2) is 9.97 Å². The van der Waals surface area contributed by atoms with E-state index in [4.69, 9.17) is 21.6 Å². The minimum atomic E-state index is -0.407. The Hall–Kier alpha value is -2.69. The summed E-state index contributed by atoms with van der Waals surface area (Å²) >= 11 is 7.46. The lowest BCUT2D eigenvalue weighted by Gasteiger charge is -2.09. The normalized spacial score (nSPS) is 10.5. The number of aryl methyl sites for hydroxylation is 2. The number of nitrogens with zero attached hydrogens (tertiary/aromatic N) is 3. The van der Waals surface area contributed by atoms with Crippen LogP contribution in [-0.4, -0.2) is 22.5 Å². The molecule has 3 rings (SSSR count). The van der Waals surface area contributed by atoms with Crippen LogP contribution in [0.25, 0.3) is 10.2 Å². The van der Waals surface area contributed by atoms with Crippen LogP contribution in [0.2, 0.25) is 5.02 Å². The highest BCUT2D eigenvalue weighted by Gasteiger charge is 2.15. The molecular weight excluding hydrogens is 360 g/mol. The van der Waals surface area contributed by atoms with E-state index in [0.29, 0.717) is 22.2 Å². The van der Waals surface area contributed by atoms with Crippen LogP contribution in [0.4, 0.5) is 5.69 Å². The van der Waals surface area contributed by atoms with Gasteiger partial charge in [-0.3, -0.25) is 4.79 Å². The third-order valence-electron chi connectivity index (χ3n) is 3.65. The number of fused-ring (bicyclic) bond motifs is 1. The van der Waals surface area contributed by atoms with Crippen LogP contribution in [0.15, 0.2) is 24.5 Å². The van der Waals surface area contributed by atoms with Crippen molar-refractivity contribution in [2.45, 2.75) is 13.8 Å². The SMILES string of the molecule is Cc1sc2ncnc(OCC(=O)Nc3cc(Cl)ccc3C#N)c2c1C. The molecule has 0 saturated heterocycles. The van der Waals surface area contributed by atoms with Crippen LogP contribution in [0, 0.1) is 25.2 Å². The van der Waals surface area contributed by atoms with Crippen LogP contribution in [0.5, 0.6) is 5.88 Å². The Labute approximate surface area is 153 Å². The average molecular weight is 373 g/mol. The molecule has 25 heavy (non-hydrogen) atoms. The largest absolute Gasteiger partial charge is 0.467 e. The highest BCUT2D eigenvalue weighted by atomic mass is 35.5. The molecule has 1 amide bonds. The zero-order valence-electron chi connectivity index (χ0n) is 13.5. The molecule has 0 radical (unpaired) electrons. The molecule has 0 bridgehead atoms. The molecule has 0 unspecified atom stereocenters. The molecule has 126 valence electrons. The van der Waals surface area contributed by atoms with Crippen molar-refractivity contribution in [3.05, 3.63) is 45.6 Å². The fourth-order valence-electron chi connectivity index (χ4n) is 2.30. The topological polar surface area (TPSA) is 87.9 Å². The number of carbonyl (C=O) groups is 1. The molecule has 1 N–H and O–H groups in total. The Morgan fingerprint density at radius 3 is 2.96 bits per heavy atom. The van der Waals surface area contributed by atoms with Crippen LogP contribution < -0.4 is 10.1 Å². The van der Waals surface area contributed by atoms with E-state index in [1.54, 1.807) is 23.5 Å². The third kappa shape index (κ3) is 3.55. The van der Waals surface area contributed by atoms with Gasteiger partial charge < -0.3 is 10.1 Å². The number of ether oxygens (including phenoxy) is 1. The second-order valence-corrected chi connectivity index (χ2v) is 6.92. The molecule has 0 aliphatic heterocycles. The summed E-state index contributed by atoms with van der Waals surface area (Å²) in [5.74, 6) is -0.0382. The maximum atomic E-state index is 12.2. The van der Waals surface area contributed by atoms with Crippen LogP contribution >= 0.6 is 22.9 Å². The van der Waals surface area contributed by atoms with Gasteiger partial charge in [0.1, 0.15) is 17.2 Å². The van der Waals surface area contributed by atoms with Crippen molar-refractivity contribution in [3.8, 4) is 11.9 Å². The third-order valence-corrected chi connectivity index (χ3v) is 5.00. The zero-order valence-corrected chi connectivity index (χ0v) is 15.0. The number of halogens is 1. The molecule has 0 fully saturated rings. The van der Waals surface area contributed by atoms with E-state index < -0.39 is 5.91 Å². The number of anilines is 1. The molecule has 0 aliphatic carbocycles. The Kier molecular flexibility index (Phi) is 4.83. The van der Waals surface area contributed by atoms with E-state index in [0.717, 1.165) is 20.7 Å². The van der Waals surface area contributed by atoms with Gasteiger partial charge in [0.2, 0.25) is 5.88 Å². The van der Waals surface area contributed by atoms with Crippen molar-refractivity contribution < 1.29 is 9.53 Å². The first-order valence-electron chi connectivity index (χ1n) is 7.32. The Morgan fingerprint density at radius 1 is 1.40 bits per heavy atom. The summed E-state index contributed by atoms with van der Waals surface area (Å²) in [6, 6.07) is 6.66. The molecule has 0 aliphatic rings. The van der Waals surface area contributed by atoms with E-state index >= 15 is 0 Å². The van der Waals surface area contributed by atoms with Crippen molar-refractivity contribution in [3.63, 3.8) is 0 Å². The quantitative estimate of drug-likeness (QED) is 0.751. The predicted molar refractivity (Wildman–Crippen MR) is 97.2 cm³/mol. The number of hydrogen-bond donors (Lipinski definition) is 1. The van der Waals surface area contributed by atoms with Gasteiger partial charge in [0.15, 0.2) is 6.61 Å². The molecule has 0 spiro atoms. The smallest absolute Gasteiger partial charge is 0.262 e. The maximum Gasteiger partial charge on any atom is 0.262 e. The standard InChI is InChI=1S/C17H13ClN4O2S/c1-9-10(2)25-17-15(9)16(20-8-21-17)24-7-14(23)22-13-5-12(18)4-3-11(13)6-19/h3-5,8H,7H2,1-2H3,(H,22,23). The number of rotatable bonds is 4. The molecule has 8 heteroatoms. The lowest BCUT2D eigenvalue weighted by molar-refractivity contribution is -0.118. The maximum absolute atomic E-state index is 12.2. The minimum absolute atomic E-state index is 0.238. The average Bonchev–Trinajstić information content (AvgIpc) is 2.88. The second-order valence-electron chi connectivity index (χ2n) is 5.28. The molecule has 1 aromatic carbocycles. The summed E-state index contributed by atoms with van der Waals surface area (Å²) in [5, 5.41) is 13.0. The Balaban J connectivity index is 1.76. The first kappa shape index (κ1) is 17.1. The highest BCUT2D eigenvalue weighted by molar-refractivity contribution is 7.18. The van der Waals surface area contributed by atoms with Gasteiger partial charge in [-0.1, -0.05) is 11.6 Å². The number of benzene rings is 1. The number of carbonyl (C=O) groups excluding carboxylic acids is 1. The molecular formula is C17H13ClN4O2S. The number of hydrogen-bond acceptors (Lipinski definition) is 6. The summed E-state index contributed by atoms with van der Waals surface area (Å²) < 4.78 is 5.58. The summed E-state index contributed by atoms with van der Waals surface area (Å²) in [5.41, 5.74) is 1.71. The van der Waals surface area contributed by atoms with E-state index in [-0.39, 0.29) is 6.61 Å². The van der Waals surface area contributed by atoms with Crippen molar-refractivity contribution in [2.24, 2.45) is 0 Å². The van der Waals surface area contributed by atoms with Crippen molar-refractivity contribution in [2.75, 3.05) is 11.9 Å². The van der Waals surface area contributed by atoms with E-state index in [1.165, 1.54) is 12.4 Å². The van der Waals surface area contributed by atoms with E-state index in [1.807, 2.05) is 19.9 Å². The van der Waals surface area contributed by atoms with Crippen LogP contribution in [-0.2, 0) is 4.79 Å².